The van der Waals surface area contributed by atoms with E-state index in [0.717, 1.165) is 5.56 Å². The van der Waals surface area contributed by atoms with Crippen molar-refractivity contribution in [3.8, 4) is 0 Å². The van der Waals surface area contributed by atoms with Crippen LogP contribution in [0.5, 0.6) is 0 Å². The Bertz CT molecular complexity index is 297. The molecular weight excluding hydrogens is 156 g/mol. The number of rotatable bonds is 2. The van der Waals surface area contributed by atoms with Crippen molar-refractivity contribution in [2.45, 2.75) is 6.92 Å². The van der Waals surface area contributed by atoms with E-state index < -0.39 is 0 Å². The number of hydroxylamine groups is 1. The molecule has 1 unspecified atom stereocenters. The minimum atomic E-state index is 0.00458. The van der Waals surface area contributed by atoms with Crippen LogP contribution in [0.2, 0.25) is 0 Å². The molecule has 12 heavy (non-hydrogen) atoms. The zero-order chi connectivity index (χ0) is 9.14. The van der Waals surface area contributed by atoms with E-state index in [1.165, 1.54) is 13.1 Å². The van der Waals surface area contributed by atoms with Crippen LogP contribution >= 0.6 is 0 Å². The predicted molar refractivity (Wildman–Crippen MR) is 46.5 cm³/mol. The lowest BCUT2D eigenvalue weighted by atomic mass is 10.2. The van der Waals surface area contributed by atoms with Gasteiger partial charge in [0.25, 0.3) is 0 Å². The van der Waals surface area contributed by atoms with Gasteiger partial charge in [-0.25, -0.2) is 0 Å². The number of hydrogen-bond donors (Lipinski definition) is 1. The van der Waals surface area contributed by atoms with E-state index >= 15 is 0 Å². The zero-order valence-corrected chi connectivity index (χ0v) is 7.00. The Balaban J connectivity index is 3.11. The highest BCUT2D eigenvalue weighted by Crippen LogP contribution is 2.18. The summed E-state index contributed by atoms with van der Waals surface area (Å²) in [4.78, 5) is 10.1. The fourth-order valence-corrected chi connectivity index (χ4v) is 1.10. The van der Waals surface area contributed by atoms with E-state index in [9.17, 15) is 10.1 Å². The molecule has 0 saturated heterocycles. The van der Waals surface area contributed by atoms with Crippen molar-refractivity contribution in [1.29, 1.82) is 0 Å². The summed E-state index contributed by atoms with van der Waals surface area (Å²) in [5.74, 6) is 0. The van der Waals surface area contributed by atoms with E-state index in [-0.39, 0.29) is 5.06 Å². The molecule has 1 N–H and O–H groups in total. The number of benzene rings is 1. The molecule has 64 valence electrons. The second-order valence-electron chi connectivity index (χ2n) is 2.65. The summed E-state index contributed by atoms with van der Waals surface area (Å²) >= 11 is 0. The lowest BCUT2D eigenvalue weighted by molar-refractivity contribution is -0.751. The Morgan fingerprint density at radius 1 is 1.50 bits per heavy atom. The fourth-order valence-electron chi connectivity index (χ4n) is 1.10. The molecule has 0 radical (unpaired) electrons. The molecule has 0 aliphatic carbocycles. The monoisotopic (exact) mass is 166 g/mol. The van der Waals surface area contributed by atoms with Crippen molar-refractivity contribution in [2.75, 3.05) is 7.05 Å². The van der Waals surface area contributed by atoms with Gasteiger partial charge in [0.15, 0.2) is 0 Å². The molecule has 0 aliphatic rings. The van der Waals surface area contributed by atoms with Crippen molar-refractivity contribution in [3.63, 3.8) is 0 Å². The second kappa shape index (κ2) is 3.42. The first-order valence-corrected chi connectivity index (χ1v) is 3.60. The lowest BCUT2D eigenvalue weighted by Gasteiger charge is -2.17. The van der Waals surface area contributed by atoms with Crippen LogP contribution in [-0.4, -0.2) is 7.05 Å². The molecule has 4 nitrogen and oxygen atoms in total. The average molecular weight is 166 g/mol. The summed E-state index contributed by atoms with van der Waals surface area (Å²) < 4.78 is 0. The maximum Gasteiger partial charge on any atom is 0.134 e. The zero-order valence-electron chi connectivity index (χ0n) is 7.00. The Morgan fingerprint density at radius 2 is 2.17 bits per heavy atom. The molecule has 0 aliphatic heterocycles. The van der Waals surface area contributed by atoms with E-state index in [4.69, 9.17) is 0 Å². The largest absolute Gasteiger partial charge is 0.629 e. The van der Waals surface area contributed by atoms with Gasteiger partial charge in [-0.2, -0.15) is 0 Å². The number of hydrogen-bond acceptors (Lipinski definition) is 3. The molecule has 0 heterocycles. The van der Waals surface area contributed by atoms with Crippen LogP contribution in [0.1, 0.15) is 5.56 Å². The van der Waals surface area contributed by atoms with E-state index in [1.807, 2.05) is 0 Å². The van der Waals surface area contributed by atoms with Gasteiger partial charge >= 0.3 is 0 Å². The second-order valence-corrected chi connectivity index (χ2v) is 2.65. The maximum absolute atomic E-state index is 11.0. The van der Waals surface area contributed by atoms with Crippen molar-refractivity contribution in [1.82, 2.24) is 0 Å². The molecule has 1 aromatic carbocycles. The number of nitrogens with zero attached hydrogens (tertiary/aromatic N) is 1. The van der Waals surface area contributed by atoms with Crippen LogP contribution in [-0.2, 0) is 0 Å². The highest BCUT2D eigenvalue weighted by atomic mass is 16.5. The number of nitrogens with one attached hydrogen (secondary N) is 1. The van der Waals surface area contributed by atoms with E-state index in [1.54, 1.807) is 19.1 Å². The molecule has 0 fully saturated rings. The SMILES string of the molecule is Cc1cc(N=O)ccc1[NH+](C)[O-]. The standard InChI is InChI=1S/C8H10N2O2/c1-6-5-7(9-11)3-4-8(6)10(2)12/h3-5,10H,1-2H3. The number of aryl methyl sites for hydroxylation is 1. The highest BCUT2D eigenvalue weighted by Gasteiger charge is 2.03. The summed E-state index contributed by atoms with van der Waals surface area (Å²) in [5.41, 5.74) is 1.79. The molecular formula is C8H10N2O2. The highest BCUT2D eigenvalue weighted by molar-refractivity contribution is 5.49. The minimum Gasteiger partial charge on any atom is -0.629 e. The van der Waals surface area contributed by atoms with Crippen molar-refractivity contribution in [3.05, 3.63) is 33.9 Å². The van der Waals surface area contributed by atoms with E-state index in [2.05, 4.69) is 5.18 Å². The molecule has 0 aromatic heterocycles. The first-order chi connectivity index (χ1) is 5.65. The maximum atomic E-state index is 11.0. The molecule has 0 saturated carbocycles. The number of quaternary nitrogens is 1. The Kier molecular flexibility index (Phi) is 2.52. The number of nitroso groups, excluding NO2 is 1. The predicted octanol–water partition coefficient (Wildman–Crippen LogP) is 1.04. The van der Waals surface area contributed by atoms with Crippen LogP contribution < -0.4 is 5.06 Å². The van der Waals surface area contributed by atoms with Gasteiger partial charge in [-0.05, 0) is 24.2 Å². The Hall–Kier alpha value is -1.26. The third kappa shape index (κ3) is 1.66. The lowest BCUT2D eigenvalue weighted by Crippen LogP contribution is -2.98. The van der Waals surface area contributed by atoms with Crippen molar-refractivity contribution < 1.29 is 5.06 Å². The van der Waals surface area contributed by atoms with Crippen molar-refractivity contribution >= 4 is 11.4 Å². The first-order valence-electron chi connectivity index (χ1n) is 3.60. The smallest absolute Gasteiger partial charge is 0.134 e. The third-order valence-corrected chi connectivity index (χ3v) is 1.69. The van der Waals surface area contributed by atoms with Gasteiger partial charge in [0, 0.05) is 11.6 Å². The molecule has 0 bridgehead atoms. The van der Waals surface area contributed by atoms with Crippen LogP contribution in [0.25, 0.3) is 0 Å². The van der Waals surface area contributed by atoms with E-state index in [0.29, 0.717) is 11.4 Å². The third-order valence-electron chi connectivity index (χ3n) is 1.69. The van der Waals surface area contributed by atoms with Crippen molar-refractivity contribution in [2.24, 2.45) is 5.18 Å². The van der Waals surface area contributed by atoms with Gasteiger partial charge < -0.3 is 10.3 Å². The molecule has 1 atom stereocenters. The summed E-state index contributed by atoms with van der Waals surface area (Å²) in [6.07, 6.45) is 0. The fraction of sp³-hybridized carbons (Fsp3) is 0.250. The quantitative estimate of drug-likeness (QED) is 0.527. The Morgan fingerprint density at radius 3 is 2.58 bits per heavy atom. The summed E-state index contributed by atoms with van der Waals surface area (Å²) in [5, 5.41) is 13.7. The van der Waals surface area contributed by atoms with Gasteiger partial charge in [-0.3, -0.25) is 0 Å². The topological polar surface area (TPSA) is 56.9 Å². The molecule has 4 heteroatoms. The summed E-state index contributed by atoms with van der Waals surface area (Å²) in [6.45, 7) is 1.78. The normalized spacial score (nSPS) is 12.6. The molecule has 1 aromatic rings. The van der Waals surface area contributed by atoms with Crippen LogP contribution in [0.15, 0.2) is 23.4 Å². The Labute approximate surface area is 70.4 Å². The van der Waals surface area contributed by atoms with Gasteiger partial charge in [-0.15, -0.1) is 4.91 Å². The minimum absolute atomic E-state index is 0.00458. The average Bonchev–Trinajstić information content (AvgIpc) is 2.03. The van der Waals surface area contributed by atoms with Gasteiger partial charge in [0.05, 0.1) is 7.05 Å². The van der Waals surface area contributed by atoms with Gasteiger partial charge in [0.1, 0.15) is 11.4 Å². The summed E-state index contributed by atoms with van der Waals surface area (Å²) in [7, 11) is 1.50. The molecule has 0 spiro atoms. The van der Waals surface area contributed by atoms with Crippen LogP contribution in [0.3, 0.4) is 0 Å². The molecule has 0 amide bonds. The van der Waals surface area contributed by atoms with Gasteiger partial charge in [0.2, 0.25) is 0 Å². The van der Waals surface area contributed by atoms with Gasteiger partial charge in [-0.1, -0.05) is 0 Å². The first kappa shape index (κ1) is 8.83. The van der Waals surface area contributed by atoms with Crippen LogP contribution in [0, 0.1) is 17.0 Å². The van der Waals surface area contributed by atoms with Crippen LogP contribution in [0.4, 0.5) is 11.4 Å². The molecule has 1 rings (SSSR count). The summed E-state index contributed by atoms with van der Waals surface area (Å²) in [6, 6.07) is 4.76.